The molecule has 0 saturated heterocycles. The number of aliphatic hydroxyl groups is 2. The fourth-order valence-electron chi connectivity index (χ4n) is 9.45. The Bertz CT molecular complexity index is 1120. The van der Waals surface area contributed by atoms with Gasteiger partial charge in [-0.2, -0.15) is 0 Å². The summed E-state index contributed by atoms with van der Waals surface area (Å²) in [7, 11) is 0. The summed E-state index contributed by atoms with van der Waals surface area (Å²) >= 11 is 0. The summed E-state index contributed by atoms with van der Waals surface area (Å²) in [6.45, 7) is 4.87. The number of rotatable bonds is 57. The van der Waals surface area contributed by atoms with Crippen molar-refractivity contribution in [2.45, 2.75) is 341 Å². The molecule has 0 fully saturated rings. The number of esters is 1. The first-order chi connectivity index (χ1) is 34.0. The van der Waals surface area contributed by atoms with Gasteiger partial charge in [-0.3, -0.25) is 9.59 Å². The zero-order valence-corrected chi connectivity index (χ0v) is 46.3. The molecule has 0 heterocycles. The number of hydrogen-bond acceptors (Lipinski definition) is 5. The van der Waals surface area contributed by atoms with Crippen LogP contribution in [0.3, 0.4) is 0 Å². The van der Waals surface area contributed by atoms with Crippen LogP contribution in [0.25, 0.3) is 0 Å². The van der Waals surface area contributed by atoms with E-state index in [1.54, 1.807) is 6.08 Å². The molecule has 0 aromatic heterocycles. The molecule has 406 valence electrons. The van der Waals surface area contributed by atoms with E-state index in [1.165, 1.54) is 225 Å². The highest BCUT2D eigenvalue weighted by molar-refractivity contribution is 5.76. The number of aliphatic hydroxyl groups excluding tert-OH is 2. The number of nitrogens with one attached hydrogen (secondary N) is 1. The highest BCUT2D eigenvalue weighted by Crippen LogP contribution is 2.17. The molecule has 2 atom stereocenters. The first-order valence-corrected chi connectivity index (χ1v) is 30.8. The summed E-state index contributed by atoms with van der Waals surface area (Å²) in [5.41, 5.74) is 0. The molecule has 0 aliphatic rings. The molecule has 69 heavy (non-hydrogen) atoms. The van der Waals surface area contributed by atoms with Crippen LogP contribution in [-0.4, -0.2) is 47.4 Å². The molecule has 0 aliphatic carbocycles. The number of unbranched alkanes of at least 4 members (excludes halogenated alkanes) is 43. The van der Waals surface area contributed by atoms with Crippen LogP contribution < -0.4 is 5.32 Å². The Labute approximate surface area is 430 Å². The lowest BCUT2D eigenvalue weighted by Gasteiger charge is -2.20. The number of ether oxygens (including phenoxy) is 1. The maximum Gasteiger partial charge on any atom is 0.305 e. The second-order valence-electron chi connectivity index (χ2n) is 21.1. The van der Waals surface area contributed by atoms with Crippen molar-refractivity contribution < 1.29 is 24.5 Å². The number of carbonyl (C=O) groups excluding carboxylic acids is 2. The molecule has 0 aliphatic heterocycles. The number of amides is 1. The van der Waals surface area contributed by atoms with Crippen LogP contribution in [0.2, 0.25) is 0 Å². The molecule has 0 saturated carbocycles. The summed E-state index contributed by atoms with van der Waals surface area (Å²) in [6, 6.07) is -0.645. The molecule has 0 radical (unpaired) electrons. The fraction of sp³-hybridized carbons (Fsp3) is 0.873. The fourth-order valence-corrected chi connectivity index (χ4v) is 9.45. The second kappa shape index (κ2) is 58.6. The summed E-state index contributed by atoms with van der Waals surface area (Å²) in [5, 5.41) is 23.2. The van der Waals surface area contributed by atoms with Crippen LogP contribution in [0.15, 0.2) is 36.5 Å². The topological polar surface area (TPSA) is 95.9 Å². The third-order valence-electron chi connectivity index (χ3n) is 14.2. The molecule has 0 rings (SSSR count). The van der Waals surface area contributed by atoms with Gasteiger partial charge in [0.15, 0.2) is 0 Å². The van der Waals surface area contributed by atoms with Crippen LogP contribution in [0, 0.1) is 0 Å². The van der Waals surface area contributed by atoms with Crippen LogP contribution >= 0.6 is 0 Å². The Kier molecular flexibility index (Phi) is 57.0. The van der Waals surface area contributed by atoms with Gasteiger partial charge in [-0.1, -0.05) is 288 Å². The third-order valence-corrected chi connectivity index (χ3v) is 14.2. The van der Waals surface area contributed by atoms with Gasteiger partial charge < -0.3 is 20.3 Å². The Morgan fingerprint density at radius 1 is 0.406 bits per heavy atom. The van der Waals surface area contributed by atoms with E-state index in [2.05, 4.69) is 43.5 Å². The van der Waals surface area contributed by atoms with Crippen LogP contribution in [0.4, 0.5) is 0 Å². The molecule has 6 heteroatoms. The van der Waals surface area contributed by atoms with Crippen LogP contribution in [0.1, 0.15) is 328 Å². The first-order valence-electron chi connectivity index (χ1n) is 30.8. The SMILES string of the molecule is CCCCCCCCCCCCCCCCCCCCC/C=C/C(O)C(CO)NC(=O)CCCCCCCC/C=C\C=C/CCCCCOC(=O)CCCCCCCCCCCCCCCCCC. The van der Waals surface area contributed by atoms with Crippen molar-refractivity contribution in [2.75, 3.05) is 13.2 Å². The number of hydrogen-bond donors (Lipinski definition) is 3. The normalized spacial score (nSPS) is 12.8. The third kappa shape index (κ3) is 55.2. The zero-order valence-electron chi connectivity index (χ0n) is 46.3. The van der Waals surface area contributed by atoms with Crippen molar-refractivity contribution in [3.63, 3.8) is 0 Å². The summed E-state index contributed by atoms with van der Waals surface area (Å²) < 4.78 is 5.46. The minimum absolute atomic E-state index is 0.0191. The van der Waals surface area contributed by atoms with E-state index in [0.717, 1.165) is 77.0 Å². The lowest BCUT2D eigenvalue weighted by Crippen LogP contribution is -2.45. The smallest absolute Gasteiger partial charge is 0.305 e. The minimum Gasteiger partial charge on any atom is -0.466 e. The standard InChI is InChI=1S/C63H119NO5/c1-3-5-7-9-11-13-15-17-19-21-22-23-24-25-27-31-35-39-43-47-51-55-61(66)60(59-65)64-62(67)56-52-48-44-40-36-32-28-26-30-34-38-42-46-50-54-58-69-63(68)57-53-49-45-41-37-33-29-20-18-16-14-12-10-8-6-4-2/h26,30,34,38,51,55,60-61,65-66H,3-25,27-29,31-33,35-37,39-50,52-54,56-59H2,1-2H3,(H,64,67)/b30-26-,38-34-,55-51+. The predicted molar refractivity (Wildman–Crippen MR) is 301 cm³/mol. The lowest BCUT2D eigenvalue weighted by atomic mass is 10.0. The maximum absolute atomic E-state index is 12.5. The lowest BCUT2D eigenvalue weighted by molar-refractivity contribution is -0.143. The Morgan fingerprint density at radius 2 is 0.710 bits per heavy atom. The summed E-state index contributed by atoms with van der Waals surface area (Å²) in [4.78, 5) is 24.5. The van der Waals surface area contributed by atoms with Crippen molar-refractivity contribution in [2.24, 2.45) is 0 Å². The molecule has 0 aromatic carbocycles. The highest BCUT2D eigenvalue weighted by atomic mass is 16.5. The van der Waals surface area contributed by atoms with Crippen molar-refractivity contribution in [1.29, 1.82) is 0 Å². The quantitative estimate of drug-likeness (QED) is 0.0244. The van der Waals surface area contributed by atoms with Crippen molar-refractivity contribution >= 4 is 11.9 Å². The first kappa shape index (κ1) is 67.1. The van der Waals surface area contributed by atoms with E-state index in [0.29, 0.717) is 19.4 Å². The van der Waals surface area contributed by atoms with E-state index in [4.69, 9.17) is 4.74 Å². The van der Waals surface area contributed by atoms with E-state index in [-0.39, 0.29) is 18.5 Å². The number of carbonyl (C=O) groups is 2. The molecular formula is C63H119NO5. The monoisotopic (exact) mass is 970 g/mol. The molecular weight excluding hydrogens is 851 g/mol. The van der Waals surface area contributed by atoms with E-state index < -0.39 is 12.1 Å². The Morgan fingerprint density at radius 3 is 1.07 bits per heavy atom. The largest absolute Gasteiger partial charge is 0.466 e. The Hall–Kier alpha value is -1.92. The molecule has 0 spiro atoms. The molecule has 1 amide bonds. The average Bonchev–Trinajstić information content (AvgIpc) is 3.35. The van der Waals surface area contributed by atoms with Crippen molar-refractivity contribution in [3.05, 3.63) is 36.5 Å². The molecule has 6 nitrogen and oxygen atoms in total. The van der Waals surface area contributed by atoms with Gasteiger partial charge >= 0.3 is 5.97 Å². The Balaban J connectivity index is 3.53. The van der Waals surface area contributed by atoms with Crippen LogP contribution in [0.5, 0.6) is 0 Å². The van der Waals surface area contributed by atoms with Gasteiger partial charge in [0.25, 0.3) is 0 Å². The molecule has 2 unspecified atom stereocenters. The summed E-state index contributed by atoms with van der Waals surface area (Å²) in [5.74, 6) is -0.107. The molecule has 0 aromatic rings. The van der Waals surface area contributed by atoms with Gasteiger partial charge in [-0.15, -0.1) is 0 Å². The second-order valence-corrected chi connectivity index (χ2v) is 21.1. The van der Waals surface area contributed by atoms with Crippen LogP contribution in [-0.2, 0) is 14.3 Å². The average molecular weight is 971 g/mol. The summed E-state index contributed by atoms with van der Waals surface area (Å²) in [6.07, 6.45) is 73.2. The van der Waals surface area contributed by atoms with Gasteiger partial charge in [-0.25, -0.2) is 0 Å². The highest BCUT2D eigenvalue weighted by Gasteiger charge is 2.18. The molecule has 0 bridgehead atoms. The van der Waals surface area contributed by atoms with Gasteiger partial charge in [0.2, 0.25) is 5.91 Å². The van der Waals surface area contributed by atoms with Gasteiger partial charge in [0.1, 0.15) is 0 Å². The predicted octanol–water partition coefficient (Wildman–Crippen LogP) is 19.2. The molecule has 3 N–H and O–H groups in total. The zero-order chi connectivity index (χ0) is 50.0. The minimum atomic E-state index is -0.860. The van der Waals surface area contributed by atoms with Gasteiger partial charge in [-0.05, 0) is 64.2 Å². The van der Waals surface area contributed by atoms with Gasteiger partial charge in [0, 0.05) is 12.8 Å². The number of allylic oxidation sites excluding steroid dienone is 5. The van der Waals surface area contributed by atoms with E-state index >= 15 is 0 Å². The van der Waals surface area contributed by atoms with Crippen molar-refractivity contribution in [1.82, 2.24) is 5.32 Å². The maximum atomic E-state index is 12.5. The van der Waals surface area contributed by atoms with Crippen molar-refractivity contribution in [3.8, 4) is 0 Å². The van der Waals surface area contributed by atoms with Gasteiger partial charge in [0.05, 0.1) is 25.4 Å². The van der Waals surface area contributed by atoms with E-state index in [1.807, 2.05) is 6.08 Å². The van der Waals surface area contributed by atoms with E-state index in [9.17, 15) is 19.8 Å².